The van der Waals surface area contributed by atoms with Gasteiger partial charge in [-0.2, -0.15) is 0 Å². The Labute approximate surface area is 83.9 Å². The molecule has 0 aliphatic rings. The van der Waals surface area contributed by atoms with Crippen LogP contribution in [-0.4, -0.2) is 45.5 Å². The van der Waals surface area contributed by atoms with Crippen LogP contribution >= 0.6 is 0 Å². The first-order valence-corrected chi connectivity index (χ1v) is 0. The fourth-order valence-corrected chi connectivity index (χ4v) is 0. The van der Waals surface area contributed by atoms with Gasteiger partial charge in [0, 0.05) is 0 Å². The van der Waals surface area contributed by atoms with Crippen molar-refractivity contribution in [2.45, 2.75) is 0 Å². The molecule has 3 N–H and O–H groups in total. The van der Waals surface area contributed by atoms with Gasteiger partial charge in [-0.3, -0.25) is 0 Å². The van der Waals surface area contributed by atoms with E-state index in [-0.39, 0.29) is 85.6 Å². The van der Waals surface area contributed by atoms with Crippen LogP contribution in [0.25, 0.3) is 0 Å². The molecular weight excluding hydrogens is 261 g/mol. The van der Waals surface area contributed by atoms with E-state index in [0.717, 1.165) is 0 Å². The third-order valence-corrected chi connectivity index (χ3v) is 0. The molecule has 1 nitrogen and oxygen atoms in total. The second kappa shape index (κ2) is 18.1. The molecule has 0 radical (unpaired) electrons. The van der Waals surface area contributed by atoms with Crippen LogP contribution in [0.3, 0.4) is 0 Å². The molecule has 0 atom stereocenters. The molecule has 0 unspecified atom stereocenters. The first-order chi connectivity index (χ1) is 0. The number of hydrogen-bond donors (Lipinski definition) is 1. The summed E-state index contributed by atoms with van der Waals surface area (Å²) in [5, 5.41) is 0. The molecule has 24 valence electrons. The summed E-state index contributed by atoms with van der Waals surface area (Å²) < 4.78 is 0. The molecule has 0 amide bonds. The van der Waals surface area contributed by atoms with E-state index in [1.54, 1.807) is 0 Å². The zero-order valence-corrected chi connectivity index (χ0v) is 8.82. The van der Waals surface area contributed by atoms with Crippen molar-refractivity contribution >= 4 is 45.5 Å². The van der Waals surface area contributed by atoms with Crippen molar-refractivity contribution in [1.29, 1.82) is 0 Å². The molecule has 0 spiro atoms. The van der Waals surface area contributed by atoms with Crippen LogP contribution in [0, 0.1) is 0 Å². The third-order valence-electron chi connectivity index (χ3n) is 0. The Bertz CT molecular complexity index is 6.00. The zero-order chi connectivity index (χ0) is 0. The maximum Gasteiger partial charge on any atom is 2.00 e. The summed E-state index contributed by atoms with van der Waals surface area (Å²) >= 11 is 0. The Morgan fingerprint density at radius 1 is 0.750 bits per heavy atom. The molecule has 0 aromatic carbocycles. The van der Waals surface area contributed by atoms with Gasteiger partial charge in [-0.05, 0) is 0 Å². The summed E-state index contributed by atoms with van der Waals surface area (Å²) in [6.45, 7) is 0. The Balaban J connectivity index is 0. The number of hydrogen-bond acceptors (Lipinski definition) is 1. The predicted octanol–water partition coefficient (Wildman–Crippen LogP) is -6.21. The average molecular weight is 264 g/mol. The number of rotatable bonds is 0. The van der Waals surface area contributed by atoms with E-state index in [1.165, 1.54) is 0 Å². The first kappa shape index (κ1) is 32.4. The van der Waals surface area contributed by atoms with Crippen molar-refractivity contribution in [2.75, 3.05) is 0 Å². The molecule has 0 aliphatic carbocycles. The summed E-state index contributed by atoms with van der Waals surface area (Å²) in [6, 6.07) is 0. The average Bonchev–Trinajstić information content (AvgIpc) is 0. The van der Waals surface area contributed by atoms with E-state index in [0.29, 0.717) is 0 Å². The van der Waals surface area contributed by atoms with Crippen LogP contribution in [-0.2, 0) is 0 Å². The van der Waals surface area contributed by atoms with Gasteiger partial charge in [0.05, 0.1) is 0 Å². The van der Waals surface area contributed by atoms with Gasteiger partial charge in [0.15, 0.2) is 0 Å². The Hall–Kier alpha value is 2.40. The molecule has 0 aromatic heterocycles. The van der Waals surface area contributed by atoms with E-state index in [9.17, 15) is 0 Å². The number of halogens is 2. The van der Waals surface area contributed by atoms with Crippen molar-refractivity contribution in [3.05, 3.63) is 0 Å². The van der Waals surface area contributed by atoms with Crippen molar-refractivity contribution in [3.63, 3.8) is 0 Å². The normalized spacial score (nSPS) is 0. The Morgan fingerprint density at radius 3 is 0.750 bits per heavy atom. The monoisotopic (exact) mass is 263 g/mol. The van der Waals surface area contributed by atoms with E-state index < -0.39 is 0 Å². The van der Waals surface area contributed by atoms with Gasteiger partial charge >= 0.3 is 45.5 Å². The molecule has 0 aromatic rings. The minimum absolute atomic E-state index is 0. The SMILES string of the molecule is N.[Br-].[Br-].[Sr+2]. The smallest absolute Gasteiger partial charge is 1.00 e. The minimum atomic E-state index is 0. The predicted molar refractivity (Wildman–Crippen MR) is 10.8 cm³/mol. The first-order valence-electron chi connectivity index (χ1n) is 0. The van der Waals surface area contributed by atoms with E-state index in [2.05, 4.69) is 0 Å². The van der Waals surface area contributed by atoms with Gasteiger partial charge in [-0.15, -0.1) is 0 Å². The van der Waals surface area contributed by atoms with Crippen LogP contribution in [0.15, 0.2) is 0 Å². The van der Waals surface area contributed by atoms with Crippen LogP contribution in [0.4, 0.5) is 0 Å². The Morgan fingerprint density at radius 2 is 0.750 bits per heavy atom. The Kier molecular flexibility index (Phi) is 147. The van der Waals surface area contributed by atoms with Crippen LogP contribution in [0.2, 0.25) is 0 Å². The minimum Gasteiger partial charge on any atom is -1.00 e. The van der Waals surface area contributed by atoms with Crippen molar-refractivity contribution in [2.24, 2.45) is 0 Å². The maximum atomic E-state index is 0. The molecule has 4 heavy (non-hydrogen) atoms. The molecule has 0 fully saturated rings. The fraction of sp³-hybridized carbons (Fsp3) is 0. The van der Waals surface area contributed by atoms with Gasteiger partial charge in [0.1, 0.15) is 0 Å². The molecule has 0 saturated carbocycles. The van der Waals surface area contributed by atoms with E-state index in [4.69, 9.17) is 0 Å². The quantitative estimate of drug-likeness (QED) is 0.434. The van der Waals surface area contributed by atoms with E-state index >= 15 is 0 Å². The maximum absolute atomic E-state index is 0. The molecule has 0 rings (SSSR count). The van der Waals surface area contributed by atoms with Gasteiger partial charge < -0.3 is 40.1 Å². The summed E-state index contributed by atoms with van der Waals surface area (Å²) in [5.41, 5.74) is 0. The second-order valence-electron chi connectivity index (χ2n) is 0. The van der Waals surface area contributed by atoms with Gasteiger partial charge in [-0.25, -0.2) is 0 Å². The second-order valence-corrected chi connectivity index (χ2v) is 0. The fourth-order valence-electron chi connectivity index (χ4n) is 0. The van der Waals surface area contributed by atoms with Crippen molar-refractivity contribution in [3.8, 4) is 0 Å². The van der Waals surface area contributed by atoms with E-state index in [1.807, 2.05) is 0 Å². The molecular formula is H3Br2NSr. The molecule has 0 heterocycles. The van der Waals surface area contributed by atoms with Crippen LogP contribution < -0.4 is 40.1 Å². The standard InChI is InChI=1S/2BrH.H3N.Sr/h2*1H;1H3;/q;;;+2/p-2. The third kappa shape index (κ3) is 8.83. The largest absolute Gasteiger partial charge is 2.00 e. The molecule has 0 aliphatic heterocycles. The van der Waals surface area contributed by atoms with Crippen LogP contribution in [0.5, 0.6) is 0 Å². The van der Waals surface area contributed by atoms with Gasteiger partial charge in [0.2, 0.25) is 0 Å². The summed E-state index contributed by atoms with van der Waals surface area (Å²) in [7, 11) is 0. The van der Waals surface area contributed by atoms with Gasteiger partial charge in [0.25, 0.3) is 0 Å². The summed E-state index contributed by atoms with van der Waals surface area (Å²) in [5.74, 6) is 0. The topological polar surface area (TPSA) is 35.0 Å². The van der Waals surface area contributed by atoms with Crippen LogP contribution in [0.1, 0.15) is 0 Å². The van der Waals surface area contributed by atoms with Gasteiger partial charge in [-0.1, -0.05) is 0 Å². The van der Waals surface area contributed by atoms with Crippen molar-refractivity contribution in [1.82, 2.24) is 6.15 Å². The van der Waals surface area contributed by atoms with Crippen molar-refractivity contribution < 1.29 is 34.0 Å². The zero-order valence-electron chi connectivity index (χ0n) is 2.17. The summed E-state index contributed by atoms with van der Waals surface area (Å²) in [4.78, 5) is 0. The molecule has 4 heteroatoms. The molecule has 0 saturated heterocycles. The summed E-state index contributed by atoms with van der Waals surface area (Å²) in [6.07, 6.45) is 0. The molecule has 0 bridgehead atoms.